The first-order valence-corrected chi connectivity index (χ1v) is 9.92. The largest absolute Gasteiger partial charge is 0.380 e. The standard InChI is InChI=1S/C20H25N7O2/c1-29-16-7-9-26(13-16)18-6-2-5-17(18)25-20(28)24-15-11-23-27(12-15)19-14(10-21)4-3-8-22-19/h3-4,8,11-12,16-18H,2,5-7,9,13H2,1H3,(H2,24,25,28)/t16?,17-,18+/m1/s1. The Balaban J connectivity index is 1.37. The molecule has 1 saturated heterocycles. The zero-order valence-electron chi connectivity index (χ0n) is 16.4. The average molecular weight is 395 g/mol. The molecule has 1 saturated carbocycles. The van der Waals surface area contributed by atoms with Crippen molar-refractivity contribution in [2.45, 2.75) is 43.9 Å². The van der Waals surface area contributed by atoms with Crippen molar-refractivity contribution in [2.75, 3.05) is 25.5 Å². The van der Waals surface area contributed by atoms with Crippen LogP contribution in [-0.2, 0) is 4.74 Å². The van der Waals surface area contributed by atoms with Crippen LogP contribution < -0.4 is 10.6 Å². The van der Waals surface area contributed by atoms with Gasteiger partial charge in [0, 0.05) is 38.5 Å². The number of nitrogens with one attached hydrogen (secondary N) is 2. The van der Waals surface area contributed by atoms with Gasteiger partial charge in [0.15, 0.2) is 5.82 Å². The number of amides is 2. The summed E-state index contributed by atoms with van der Waals surface area (Å²) < 4.78 is 6.96. The van der Waals surface area contributed by atoms with Crippen LogP contribution in [0.3, 0.4) is 0 Å². The van der Waals surface area contributed by atoms with Gasteiger partial charge in [-0.3, -0.25) is 4.90 Å². The molecule has 29 heavy (non-hydrogen) atoms. The van der Waals surface area contributed by atoms with Crippen LogP contribution in [0, 0.1) is 11.3 Å². The molecule has 9 nitrogen and oxygen atoms in total. The number of methoxy groups -OCH3 is 1. The minimum Gasteiger partial charge on any atom is -0.380 e. The summed E-state index contributed by atoms with van der Waals surface area (Å²) in [6.07, 6.45) is 9.32. The molecule has 2 fully saturated rings. The summed E-state index contributed by atoms with van der Waals surface area (Å²) in [6, 6.07) is 5.71. The van der Waals surface area contributed by atoms with Crippen LogP contribution >= 0.6 is 0 Å². The zero-order valence-corrected chi connectivity index (χ0v) is 16.4. The van der Waals surface area contributed by atoms with Crippen LogP contribution in [0.2, 0.25) is 0 Å². The Hall–Kier alpha value is -2.96. The zero-order chi connectivity index (χ0) is 20.2. The van der Waals surface area contributed by atoms with Crippen LogP contribution in [0.4, 0.5) is 10.5 Å². The van der Waals surface area contributed by atoms with Crippen LogP contribution in [0.1, 0.15) is 31.2 Å². The van der Waals surface area contributed by atoms with Gasteiger partial charge in [-0.2, -0.15) is 10.4 Å². The molecule has 152 valence electrons. The molecular formula is C20H25N7O2. The van der Waals surface area contributed by atoms with E-state index in [0.29, 0.717) is 29.2 Å². The molecule has 1 unspecified atom stereocenters. The van der Waals surface area contributed by atoms with Crippen molar-refractivity contribution < 1.29 is 9.53 Å². The second kappa shape index (κ2) is 8.59. The molecule has 1 aliphatic heterocycles. The number of pyridine rings is 1. The van der Waals surface area contributed by atoms with Gasteiger partial charge >= 0.3 is 6.03 Å². The Morgan fingerprint density at radius 1 is 1.38 bits per heavy atom. The number of hydrogen-bond acceptors (Lipinski definition) is 6. The van der Waals surface area contributed by atoms with E-state index in [1.807, 2.05) is 0 Å². The third-order valence-electron chi connectivity index (χ3n) is 5.74. The van der Waals surface area contributed by atoms with E-state index >= 15 is 0 Å². The van der Waals surface area contributed by atoms with Crippen LogP contribution in [0.15, 0.2) is 30.7 Å². The van der Waals surface area contributed by atoms with E-state index in [-0.39, 0.29) is 12.1 Å². The lowest BCUT2D eigenvalue weighted by Gasteiger charge is -2.29. The van der Waals surface area contributed by atoms with Crippen molar-refractivity contribution >= 4 is 11.7 Å². The summed E-state index contributed by atoms with van der Waals surface area (Å²) in [7, 11) is 1.76. The van der Waals surface area contributed by atoms with E-state index in [2.05, 4.69) is 31.7 Å². The van der Waals surface area contributed by atoms with E-state index in [0.717, 1.165) is 38.8 Å². The van der Waals surface area contributed by atoms with E-state index in [1.165, 1.54) is 4.68 Å². The summed E-state index contributed by atoms with van der Waals surface area (Å²) in [4.78, 5) is 19.2. The molecule has 0 spiro atoms. The summed E-state index contributed by atoms with van der Waals surface area (Å²) >= 11 is 0. The molecule has 3 atom stereocenters. The van der Waals surface area contributed by atoms with Crippen molar-refractivity contribution in [1.29, 1.82) is 5.26 Å². The van der Waals surface area contributed by atoms with E-state index in [9.17, 15) is 10.1 Å². The summed E-state index contributed by atoms with van der Waals surface area (Å²) in [5.41, 5.74) is 0.965. The van der Waals surface area contributed by atoms with Crippen LogP contribution in [0.25, 0.3) is 5.82 Å². The fraction of sp³-hybridized carbons (Fsp3) is 0.500. The molecule has 0 aromatic carbocycles. The average Bonchev–Trinajstić information content (AvgIpc) is 3.48. The van der Waals surface area contributed by atoms with Crippen molar-refractivity contribution in [3.63, 3.8) is 0 Å². The van der Waals surface area contributed by atoms with E-state index in [1.54, 1.807) is 37.8 Å². The third kappa shape index (κ3) is 4.23. The SMILES string of the molecule is COC1CCN([C@H]2CCC[C@H]2NC(=O)Nc2cnn(-c3ncccc3C#N)c2)C1. The smallest absolute Gasteiger partial charge is 0.319 e. The lowest BCUT2D eigenvalue weighted by atomic mass is 10.1. The number of nitrogens with zero attached hydrogens (tertiary/aromatic N) is 5. The van der Waals surface area contributed by atoms with Gasteiger partial charge in [0.1, 0.15) is 6.07 Å². The number of anilines is 1. The first kappa shape index (κ1) is 19.4. The van der Waals surface area contributed by atoms with E-state index < -0.39 is 0 Å². The first-order valence-electron chi connectivity index (χ1n) is 9.92. The molecule has 2 amide bonds. The van der Waals surface area contributed by atoms with Gasteiger partial charge in [-0.25, -0.2) is 14.5 Å². The lowest BCUT2D eigenvalue weighted by molar-refractivity contribution is 0.0985. The molecular weight excluding hydrogens is 370 g/mol. The van der Waals surface area contributed by atoms with Crippen molar-refractivity contribution in [2.24, 2.45) is 0 Å². The Morgan fingerprint density at radius 2 is 2.28 bits per heavy atom. The fourth-order valence-corrected chi connectivity index (χ4v) is 4.30. The molecule has 2 aromatic rings. The predicted octanol–water partition coefficient (Wildman–Crippen LogP) is 1.90. The molecule has 9 heteroatoms. The number of urea groups is 1. The Labute approximate surface area is 169 Å². The number of nitriles is 1. The van der Waals surface area contributed by atoms with Crippen LogP contribution in [-0.4, -0.2) is 64.1 Å². The Kier molecular flexibility index (Phi) is 5.74. The van der Waals surface area contributed by atoms with Gasteiger partial charge in [-0.15, -0.1) is 0 Å². The van der Waals surface area contributed by atoms with Gasteiger partial charge in [0.25, 0.3) is 0 Å². The second-order valence-corrected chi connectivity index (χ2v) is 7.50. The fourth-order valence-electron chi connectivity index (χ4n) is 4.30. The summed E-state index contributed by atoms with van der Waals surface area (Å²) in [5.74, 6) is 0.432. The Morgan fingerprint density at radius 3 is 3.07 bits per heavy atom. The Bertz CT molecular complexity index is 906. The molecule has 1 aliphatic carbocycles. The topological polar surface area (TPSA) is 108 Å². The van der Waals surface area contributed by atoms with Crippen molar-refractivity contribution in [3.05, 3.63) is 36.3 Å². The number of rotatable bonds is 5. The minimum absolute atomic E-state index is 0.127. The van der Waals surface area contributed by atoms with Gasteiger partial charge in [0.2, 0.25) is 0 Å². The molecule has 2 aliphatic rings. The first-order chi connectivity index (χ1) is 14.2. The maximum absolute atomic E-state index is 12.5. The lowest BCUT2D eigenvalue weighted by Crippen LogP contribution is -2.49. The number of carbonyl (C=O) groups excluding carboxylic acids is 1. The molecule has 2 N–H and O–H groups in total. The maximum atomic E-state index is 12.5. The molecule has 2 aromatic heterocycles. The molecule has 0 radical (unpaired) electrons. The molecule has 3 heterocycles. The highest BCUT2D eigenvalue weighted by molar-refractivity contribution is 5.89. The van der Waals surface area contributed by atoms with Crippen molar-refractivity contribution in [3.8, 4) is 11.9 Å². The second-order valence-electron chi connectivity index (χ2n) is 7.50. The number of aromatic nitrogens is 3. The summed E-state index contributed by atoms with van der Waals surface area (Å²) in [5, 5.41) is 19.4. The van der Waals surface area contributed by atoms with Crippen molar-refractivity contribution in [1.82, 2.24) is 25.0 Å². The maximum Gasteiger partial charge on any atom is 0.319 e. The van der Waals surface area contributed by atoms with Gasteiger partial charge in [-0.05, 0) is 37.8 Å². The van der Waals surface area contributed by atoms with Gasteiger partial charge in [0.05, 0.1) is 29.7 Å². The number of hydrogen-bond donors (Lipinski definition) is 2. The quantitative estimate of drug-likeness (QED) is 0.801. The number of carbonyl (C=O) groups is 1. The third-order valence-corrected chi connectivity index (χ3v) is 5.74. The van der Waals surface area contributed by atoms with Gasteiger partial charge in [-0.1, -0.05) is 0 Å². The normalized spacial score (nSPS) is 24.3. The number of likely N-dealkylation sites (tertiary alicyclic amines) is 1. The van der Waals surface area contributed by atoms with Crippen LogP contribution in [0.5, 0.6) is 0 Å². The number of ether oxygens (including phenoxy) is 1. The highest BCUT2D eigenvalue weighted by atomic mass is 16.5. The minimum atomic E-state index is -0.245. The summed E-state index contributed by atoms with van der Waals surface area (Å²) in [6.45, 7) is 1.94. The predicted molar refractivity (Wildman–Crippen MR) is 107 cm³/mol. The molecule has 4 rings (SSSR count). The highest BCUT2D eigenvalue weighted by Crippen LogP contribution is 2.28. The van der Waals surface area contributed by atoms with Gasteiger partial charge < -0.3 is 15.4 Å². The molecule has 0 bridgehead atoms. The monoisotopic (exact) mass is 395 g/mol. The van der Waals surface area contributed by atoms with E-state index in [4.69, 9.17) is 4.74 Å². The highest BCUT2D eigenvalue weighted by Gasteiger charge is 2.36.